The molecule has 1 unspecified atom stereocenters. The lowest BCUT2D eigenvalue weighted by Gasteiger charge is -2.33. The summed E-state index contributed by atoms with van der Waals surface area (Å²) in [7, 11) is 2.24. The first kappa shape index (κ1) is 14.0. The van der Waals surface area contributed by atoms with Crippen LogP contribution in [0.4, 0.5) is 0 Å². The predicted molar refractivity (Wildman–Crippen MR) is 65.7 cm³/mol. The molecule has 0 spiro atoms. The highest BCUT2D eigenvalue weighted by Gasteiger charge is 2.23. The van der Waals surface area contributed by atoms with Crippen LogP contribution in [0.25, 0.3) is 0 Å². The van der Waals surface area contributed by atoms with Crippen molar-refractivity contribution in [3.63, 3.8) is 0 Å². The Labute approximate surface area is 90.9 Å². The van der Waals surface area contributed by atoms with Gasteiger partial charge >= 0.3 is 0 Å². The van der Waals surface area contributed by atoms with Crippen molar-refractivity contribution >= 4 is 0 Å². The topological polar surface area (TPSA) is 3.24 Å². The van der Waals surface area contributed by atoms with Gasteiger partial charge < -0.3 is 4.90 Å². The molecule has 0 aromatic heterocycles. The molecule has 0 aliphatic carbocycles. The van der Waals surface area contributed by atoms with Crippen molar-refractivity contribution in [1.29, 1.82) is 0 Å². The lowest BCUT2D eigenvalue weighted by atomic mass is 9.80. The molecule has 1 heteroatoms. The lowest BCUT2D eigenvalue weighted by Crippen LogP contribution is -2.33. The molecule has 0 fully saturated rings. The largest absolute Gasteiger partial charge is 0.306 e. The van der Waals surface area contributed by atoms with Gasteiger partial charge in [0, 0.05) is 6.54 Å². The van der Waals surface area contributed by atoms with Gasteiger partial charge in [-0.2, -0.15) is 0 Å². The van der Waals surface area contributed by atoms with Crippen LogP contribution in [0.3, 0.4) is 0 Å². The molecule has 0 amide bonds. The number of rotatable bonds is 8. The summed E-state index contributed by atoms with van der Waals surface area (Å²) >= 11 is 0. The molecule has 1 atom stereocenters. The van der Waals surface area contributed by atoms with Gasteiger partial charge in [-0.25, -0.2) is 0 Å². The van der Waals surface area contributed by atoms with E-state index in [2.05, 4.69) is 39.6 Å². The Kier molecular flexibility index (Phi) is 7.26. The summed E-state index contributed by atoms with van der Waals surface area (Å²) in [5, 5.41) is 0. The Bertz CT molecular complexity index is 133. The smallest absolute Gasteiger partial charge is 0.00322 e. The molecule has 0 bridgehead atoms. The van der Waals surface area contributed by atoms with Crippen LogP contribution in [0.1, 0.15) is 59.8 Å². The zero-order valence-corrected chi connectivity index (χ0v) is 10.9. The monoisotopic (exact) mass is 199 g/mol. The molecule has 14 heavy (non-hydrogen) atoms. The highest BCUT2D eigenvalue weighted by molar-refractivity contribution is 4.76. The second-order valence-electron chi connectivity index (χ2n) is 4.99. The van der Waals surface area contributed by atoms with E-state index in [0.29, 0.717) is 5.41 Å². The van der Waals surface area contributed by atoms with Crippen molar-refractivity contribution in [2.24, 2.45) is 5.41 Å². The van der Waals surface area contributed by atoms with Crippen LogP contribution < -0.4 is 0 Å². The van der Waals surface area contributed by atoms with Gasteiger partial charge in [-0.3, -0.25) is 0 Å². The average molecular weight is 199 g/mol. The van der Waals surface area contributed by atoms with Gasteiger partial charge in [0.15, 0.2) is 0 Å². The first-order chi connectivity index (χ1) is 6.58. The fourth-order valence-corrected chi connectivity index (χ4v) is 2.25. The molecule has 0 N–H and O–H groups in total. The van der Waals surface area contributed by atoms with Gasteiger partial charge in [0.05, 0.1) is 0 Å². The Morgan fingerprint density at radius 1 is 1.00 bits per heavy atom. The molecule has 0 saturated carbocycles. The number of nitrogens with zero attached hydrogens (tertiary/aromatic N) is 1. The van der Waals surface area contributed by atoms with E-state index in [1.165, 1.54) is 45.2 Å². The molecule has 0 aliphatic rings. The minimum absolute atomic E-state index is 0.551. The minimum atomic E-state index is 0.551. The van der Waals surface area contributed by atoms with Crippen LogP contribution in [0.2, 0.25) is 0 Å². The van der Waals surface area contributed by atoms with Crippen LogP contribution >= 0.6 is 0 Å². The van der Waals surface area contributed by atoms with Gasteiger partial charge in [-0.1, -0.05) is 47.0 Å². The maximum absolute atomic E-state index is 2.46. The summed E-state index contributed by atoms with van der Waals surface area (Å²) in [6.07, 6.45) is 6.79. The summed E-state index contributed by atoms with van der Waals surface area (Å²) in [5.74, 6) is 0. The van der Waals surface area contributed by atoms with Gasteiger partial charge in [-0.05, 0) is 31.8 Å². The number of hydrogen-bond acceptors (Lipinski definition) is 1. The van der Waals surface area contributed by atoms with E-state index in [4.69, 9.17) is 0 Å². The molecule has 0 aromatic carbocycles. The highest BCUT2D eigenvalue weighted by atomic mass is 15.1. The third-order valence-corrected chi connectivity index (χ3v) is 3.18. The predicted octanol–water partition coefficient (Wildman–Crippen LogP) is 3.93. The zero-order chi connectivity index (χ0) is 11.0. The lowest BCUT2D eigenvalue weighted by molar-refractivity contribution is 0.167. The molecule has 0 radical (unpaired) electrons. The molecular weight excluding hydrogens is 170 g/mol. The maximum atomic E-state index is 2.46. The fraction of sp³-hybridized carbons (Fsp3) is 1.00. The van der Waals surface area contributed by atoms with Crippen LogP contribution in [0.5, 0.6) is 0 Å². The van der Waals surface area contributed by atoms with Crippen molar-refractivity contribution in [2.45, 2.75) is 59.8 Å². The van der Waals surface area contributed by atoms with E-state index >= 15 is 0 Å². The zero-order valence-electron chi connectivity index (χ0n) is 10.9. The third-order valence-electron chi connectivity index (χ3n) is 3.18. The summed E-state index contributed by atoms with van der Waals surface area (Å²) in [6.45, 7) is 11.7. The Balaban J connectivity index is 4.07. The Morgan fingerprint density at radius 3 is 2.07 bits per heavy atom. The van der Waals surface area contributed by atoms with Gasteiger partial charge in [-0.15, -0.1) is 0 Å². The quantitative estimate of drug-likeness (QED) is 0.572. The molecule has 0 heterocycles. The molecule has 1 nitrogen and oxygen atoms in total. The normalized spacial score (nSPS) is 15.9. The van der Waals surface area contributed by atoms with E-state index in [1.54, 1.807) is 0 Å². The van der Waals surface area contributed by atoms with Gasteiger partial charge in [0.1, 0.15) is 0 Å². The van der Waals surface area contributed by atoms with Crippen LogP contribution in [0, 0.1) is 5.41 Å². The summed E-state index contributed by atoms with van der Waals surface area (Å²) < 4.78 is 0. The van der Waals surface area contributed by atoms with E-state index in [0.717, 1.165) is 0 Å². The SMILES string of the molecule is CCCCC(C)(CCC)CN(C)CC. The van der Waals surface area contributed by atoms with Crippen molar-refractivity contribution in [3.05, 3.63) is 0 Å². The van der Waals surface area contributed by atoms with Crippen molar-refractivity contribution in [3.8, 4) is 0 Å². The minimum Gasteiger partial charge on any atom is -0.306 e. The summed E-state index contributed by atoms with van der Waals surface area (Å²) in [4.78, 5) is 2.45. The highest BCUT2D eigenvalue weighted by Crippen LogP contribution is 2.30. The molecule has 0 saturated heterocycles. The molecule has 0 aromatic rings. The fourth-order valence-electron chi connectivity index (χ4n) is 2.25. The van der Waals surface area contributed by atoms with Crippen LogP contribution in [-0.4, -0.2) is 25.0 Å². The maximum Gasteiger partial charge on any atom is 0.00322 e. The third kappa shape index (κ3) is 5.64. The molecule has 0 rings (SSSR count). The number of unbranched alkanes of at least 4 members (excludes halogenated alkanes) is 1. The van der Waals surface area contributed by atoms with Gasteiger partial charge in [0.25, 0.3) is 0 Å². The summed E-state index contributed by atoms with van der Waals surface area (Å²) in [6, 6.07) is 0. The van der Waals surface area contributed by atoms with Crippen molar-refractivity contribution in [2.75, 3.05) is 20.1 Å². The number of hydrogen-bond donors (Lipinski definition) is 0. The second-order valence-corrected chi connectivity index (χ2v) is 4.99. The Hall–Kier alpha value is -0.0400. The van der Waals surface area contributed by atoms with Crippen LogP contribution in [0.15, 0.2) is 0 Å². The average Bonchev–Trinajstić information content (AvgIpc) is 2.15. The van der Waals surface area contributed by atoms with E-state index in [-0.39, 0.29) is 0 Å². The second kappa shape index (κ2) is 7.28. The van der Waals surface area contributed by atoms with Crippen molar-refractivity contribution < 1.29 is 0 Å². The Morgan fingerprint density at radius 2 is 1.64 bits per heavy atom. The van der Waals surface area contributed by atoms with E-state index in [9.17, 15) is 0 Å². The molecular formula is C13H29N. The van der Waals surface area contributed by atoms with E-state index in [1.807, 2.05) is 0 Å². The molecule has 0 aliphatic heterocycles. The van der Waals surface area contributed by atoms with Crippen molar-refractivity contribution in [1.82, 2.24) is 4.90 Å². The molecule has 86 valence electrons. The first-order valence-corrected chi connectivity index (χ1v) is 6.26. The first-order valence-electron chi connectivity index (χ1n) is 6.26. The standard InChI is InChI=1S/C13H29N/c1-6-9-11-13(4,10-7-2)12-14(5)8-3/h6-12H2,1-5H3. The summed E-state index contributed by atoms with van der Waals surface area (Å²) in [5.41, 5.74) is 0.551. The van der Waals surface area contributed by atoms with E-state index < -0.39 is 0 Å². The van der Waals surface area contributed by atoms with Crippen LogP contribution in [-0.2, 0) is 0 Å². The van der Waals surface area contributed by atoms with Gasteiger partial charge in [0.2, 0.25) is 0 Å².